The van der Waals surface area contributed by atoms with E-state index in [-0.39, 0.29) is 43.3 Å². The van der Waals surface area contributed by atoms with Crippen molar-refractivity contribution in [2.24, 2.45) is 23.5 Å². The van der Waals surface area contributed by atoms with Gasteiger partial charge in [0.2, 0.25) is 0 Å². The van der Waals surface area contributed by atoms with Crippen LogP contribution < -0.4 is 5.73 Å². The van der Waals surface area contributed by atoms with Crippen LogP contribution in [0.5, 0.6) is 0 Å². The smallest absolute Gasteiger partial charge is 0.462 e. The van der Waals surface area contributed by atoms with Gasteiger partial charge in [0, 0.05) is 24.8 Å². The van der Waals surface area contributed by atoms with Crippen molar-refractivity contribution in [2.75, 3.05) is 6.54 Å². The molecule has 0 saturated heterocycles. The van der Waals surface area contributed by atoms with Gasteiger partial charge in [-0.25, -0.2) is 9.36 Å². The van der Waals surface area contributed by atoms with Gasteiger partial charge in [-0.2, -0.15) is 0 Å². The molecule has 1 fully saturated rings. The number of carbonyl (C=O) groups is 2. The molecule has 6 N–H and O–H groups in total. The zero-order valence-corrected chi connectivity index (χ0v) is 26.4. The summed E-state index contributed by atoms with van der Waals surface area (Å²) >= 11 is 0. The highest BCUT2D eigenvalue weighted by Crippen LogP contribution is 2.42. The first-order valence-corrected chi connectivity index (χ1v) is 16.7. The predicted octanol–water partition coefficient (Wildman–Crippen LogP) is 4.01. The van der Waals surface area contributed by atoms with Gasteiger partial charge in [-0.3, -0.25) is 9.32 Å². The minimum absolute atomic E-state index is 0.0481. The third-order valence-electron chi connectivity index (χ3n) is 7.74. The molecule has 1 saturated carbocycles. The van der Waals surface area contributed by atoms with Crippen LogP contribution in [0.25, 0.3) is 0 Å². The van der Waals surface area contributed by atoms with Crippen LogP contribution in [0.15, 0.2) is 48.6 Å². The van der Waals surface area contributed by atoms with Crippen molar-refractivity contribution in [3.63, 3.8) is 0 Å². The Morgan fingerprint density at radius 2 is 2.00 bits per heavy atom. The summed E-state index contributed by atoms with van der Waals surface area (Å²) in [6, 6.07) is 0. The molecule has 1 aliphatic carbocycles. The van der Waals surface area contributed by atoms with E-state index in [9.17, 15) is 34.2 Å². The second-order valence-corrected chi connectivity index (χ2v) is 13.0. The summed E-state index contributed by atoms with van der Waals surface area (Å²) < 4.78 is 27.7. The minimum Gasteiger partial charge on any atom is -0.462 e. The fourth-order valence-corrected chi connectivity index (χ4v) is 5.90. The fourth-order valence-electron chi connectivity index (χ4n) is 5.30. The van der Waals surface area contributed by atoms with Gasteiger partial charge in [0.1, 0.15) is 23.9 Å². The number of nitrogens with two attached hydrogens (primary N) is 1. The van der Waals surface area contributed by atoms with E-state index < -0.39 is 37.7 Å². The molecule has 0 spiro atoms. The number of phosphoric ester groups is 1. The first kappa shape index (κ1) is 37.1. The van der Waals surface area contributed by atoms with Gasteiger partial charge >= 0.3 is 19.8 Å². The molecule has 244 valence electrons. The number of esters is 2. The van der Waals surface area contributed by atoms with Crippen molar-refractivity contribution in [1.29, 1.82) is 0 Å². The zero-order chi connectivity index (χ0) is 32.0. The molecule has 7 atom stereocenters. The summed E-state index contributed by atoms with van der Waals surface area (Å²) in [5.74, 6) is -0.196. The van der Waals surface area contributed by atoms with Crippen molar-refractivity contribution in [1.82, 2.24) is 0 Å². The molecule has 0 aromatic heterocycles. The van der Waals surface area contributed by atoms with Crippen LogP contribution in [-0.2, 0) is 28.2 Å². The molecule has 7 unspecified atom stereocenters. The van der Waals surface area contributed by atoms with Crippen LogP contribution >= 0.6 is 7.82 Å². The summed E-state index contributed by atoms with van der Waals surface area (Å²) in [6.45, 7) is 6.00. The third-order valence-corrected chi connectivity index (χ3v) is 8.27. The number of rotatable bonds is 17. The molecule has 0 radical (unpaired) electrons. The Morgan fingerprint density at radius 3 is 2.65 bits per heavy atom. The van der Waals surface area contributed by atoms with Crippen molar-refractivity contribution < 1.29 is 48.2 Å². The molecule has 11 nitrogen and oxygen atoms in total. The van der Waals surface area contributed by atoms with E-state index in [0.717, 1.165) is 32.1 Å². The highest BCUT2D eigenvalue weighted by Gasteiger charge is 2.40. The number of ether oxygens (including phenoxy) is 2. The first-order valence-electron chi connectivity index (χ1n) is 15.2. The average molecular weight is 628 g/mol. The molecule has 2 aliphatic rings. The summed E-state index contributed by atoms with van der Waals surface area (Å²) in [5.41, 5.74) is 3.73. The molecule has 0 bridgehead atoms. The molecule has 0 amide bonds. The van der Waals surface area contributed by atoms with E-state index in [1.807, 2.05) is 13.0 Å². The molecule has 2 rings (SSSR count). The van der Waals surface area contributed by atoms with E-state index >= 15 is 0 Å². The van der Waals surface area contributed by atoms with Gasteiger partial charge in [-0.05, 0) is 69.4 Å². The summed E-state index contributed by atoms with van der Waals surface area (Å²) in [6.07, 6.45) is 13.9. The first-order chi connectivity index (χ1) is 20.2. The Kier molecular flexibility index (Phi) is 15.5. The summed E-state index contributed by atoms with van der Waals surface area (Å²) in [7, 11) is -5.07. The van der Waals surface area contributed by atoms with E-state index in [4.69, 9.17) is 19.7 Å². The monoisotopic (exact) mass is 627 g/mol. The average Bonchev–Trinajstić information content (AvgIpc) is 2.92. The van der Waals surface area contributed by atoms with E-state index in [0.29, 0.717) is 18.8 Å². The lowest BCUT2D eigenvalue weighted by Crippen LogP contribution is -2.45. The largest absolute Gasteiger partial charge is 0.469 e. The number of allylic oxidation sites excluding steroid dienone is 3. The van der Waals surface area contributed by atoms with Crippen LogP contribution in [0.1, 0.15) is 78.6 Å². The maximum atomic E-state index is 12.1. The molecule has 43 heavy (non-hydrogen) atoms. The maximum absolute atomic E-state index is 12.1. The van der Waals surface area contributed by atoms with Crippen LogP contribution in [0.3, 0.4) is 0 Å². The SMILES string of the molecule is CCC1C=CC(=O)OC1C=CC(O)(CCN)C(CC(O)C=CC=CC1CCCC(OC(=O)CCC(C)C)C1)OP(=O)(O)O. The van der Waals surface area contributed by atoms with Gasteiger partial charge in [0.25, 0.3) is 0 Å². The molecule has 0 aromatic carbocycles. The Bertz CT molecular complexity index is 1050. The van der Waals surface area contributed by atoms with Crippen molar-refractivity contribution in [3.05, 3.63) is 48.6 Å². The van der Waals surface area contributed by atoms with E-state index in [1.54, 1.807) is 18.2 Å². The van der Waals surface area contributed by atoms with Crippen molar-refractivity contribution in [2.45, 2.75) is 109 Å². The second kappa shape index (κ2) is 18.0. The van der Waals surface area contributed by atoms with E-state index in [2.05, 4.69) is 13.8 Å². The second-order valence-electron chi connectivity index (χ2n) is 11.9. The lowest BCUT2D eigenvalue weighted by Gasteiger charge is -2.35. The van der Waals surface area contributed by atoms with Gasteiger partial charge in [0.15, 0.2) is 0 Å². The van der Waals surface area contributed by atoms with Crippen molar-refractivity contribution >= 4 is 19.8 Å². The fraction of sp³-hybridized carbons (Fsp3) is 0.677. The molecule has 1 heterocycles. The van der Waals surface area contributed by atoms with Gasteiger partial charge in [-0.15, -0.1) is 0 Å². The molecule has 12 heteroatoms. The highest BCUT2D eigenvalue weighted by atomic mass is 31.2. The van der Waals surface area contributed by atoms with Gasteiger partial charge in [-0.1, -0.05) is 57.2 Å². The lowest BCUT2D eigenvalue weighted by atomic mass is 9.86. The van der Waals surface area contributed by atoms with Crippen LogP contribution in [0.2, 0.25) is 0 Å². The third kappa shape index (κ3) is 14.0. The normalized spacial score (nSPS) is 26.2. The highest BCUT2D eigenvalue weighted by molar-refractivity contribution is 7.46. The zero-order valence-electron chi connectivity index (χ0n) is 25.5. The van der Waals surface area contributed by atoms with Crippen LogP contribution in [0, 0.1) is 17.8 Å². The number of cyclic esters (lactones) is 1. The predicted molar refractivity (Wildman–Crippen MR) is 162 cm³/mol. The van der Waals surface area contributed by atoms with Gasteiger partial charge in [0.05, 0.1) is 6.10 Å². The molecular formula is C31H50NO10P. The van der Waals surface area contributed by atoms with Gasteiger partial charge < -0.3 is 35.2 Å². The topological polar surface area (TPSA) is 186 Å². The molecule has 1 aliphatic heterocycles. The Morgan fingerprint density at radius 1 is 1.26 bits per heavy atom. The number of hydrogen-bond donors (Lipinski definition) is 5. The number of aliphatic hydroxyl groups is 2. The molecule has 0 aromatic rings. The minimum atomic E-state index is -5.07. The number of phosphoric acid groups is 1. The quantitative estimate of drug-likeness (QED) is 0.0679. The van der Waals surface area contributed by atoms with Crippen molar-refractivity contribution in [3.8, 4) is 0 Å². The standard InChI is InChI=1S/C31H50NO10P/c1-4-24-13-15-30(35)41-27(24)16-17-31(36,18-19-32)28(42-43(37,38)39)21-25(33)10-6-5-8-23-9-7-11-26(20-23)40-29(34)14-12-22(2)3/h5-6,8,10,13,15-17,22-28,33,36H,4,7,9,11-12,14,18-21,32H2,1-3H3,(H2,37,38,39). The lowest BCUT2D eigenvalue weighted by molar-refractivity contribution is -0.151. The van der Waals surface area contributed by atoms with Crippen LogP contribution in [-0.4, -0.2) is 68.5 Å². The number of aliphatic hydroxyl groups excluding tert-OH is 1. The van der Waals surface area contributed by atoms with E-state index in [1.165, 1.54) is 24.3 Å². The summed E-state index contributed by atoms with van der Waals surface area (Å²) in [5, 5.41) is 22.1. The molecular weight excluding hydrogens is 577 g/mol. The Hall–Kier alpha value is -2.11. The Balaban J connectivity index is 2.06. The van der Waals surface area contributed by atoms with Crippen LogP contribution in [0.4, 0.5) is 0 Å². The maximum Gasteiger partial charge on any atom is 0.469 e. The number of hydrogen-bond acceptors (Lipinski definition) is 9. The Labute approximate surface area is 255 Å². The number of carbonyl (C=O) groups excluding carboxylic acids is 2. The summed E-state index contributed by atoms with van der Waals surface area (Å²) in [4.78, 5) is 43.0.